The van der Waals surface area contributed by atoms with E-state index < -0.39 is 0 Å². The van der Waals surface area contributed by atoms with Gasteiger partial charge in [0.25, 0.3) is 5.91 Å². The predicted octanol–water partition coefficient (Wildman–Crippen LogP) is 4.95. The zero-order valence-electron chi connectivity index (χ0n) is 18.9. The summed E-state index contributed by atoms with van der Waals surface area (Å²) >= 11 is 0. The van der Waals surface area contributed by atoms with Crippen molar-refractivity contribution in [2.24, 2.45) is 0 Å². The Labute approximate surface area is 190 Å². The van der Waals surface area contributed by atoms with Gasteiger partial charge in [-0.2, -0.15) is 0 Å². The van der Waals surface area contributed by atoms with E-state index in [9.17, 15) is 9.59 Å². The monoisotopic (exact) mass is 435 g/mol. The minimum Gasteiger partial charge on any atom is -0.495 e. The second-order valence-corrected chi connectivity index (χ2v) is 8.71. The van der Waals surface area contributed by atoms with Gasteiger partial charge in [0.05, 0.1) is 12.8 Å². The molecule has 0 aromatic heterocycles. The molecule has 0 aliphatic carbocycles. The van der Waals surface area contributed by atoms with Crippen LogP contribution in [0, 0.1) is 0 Å². The van der Waals surface area contributed by atoms with Crippen molar-refractivity contribution < 1.29 is 14.3 Å². The van der Waals surface area contributed by atoms with E-state index in [1.54, 1.807) is 25.3 Å². The molecule has 2 saturated heterocycles. The summed E-state index contributed by atoms with van der Waals surface area (Å²) in [6, 6.07) is 15.8. The van der Waals surface area contributed by atoms with Gasteiger partial charge in [0.2, 0.25) is 0 Å². The molecular weight excluding hydrogens is 402 g/mol. The van der Waals surface area contributed by atoms with E-state index in [1.165, 1.54) is 5.56 Å². The van der Waals surface area contributed by atoms with E-state index >= 15 is 0 Å². The van der Waals surface area contributed by atoms with Crippen LogP contribution in [-0.2, 0) is 6.42 Å². The Morgan fingerprint density at radius 2 is 1.75 bits per heavy atom. The molecule has 2 aliphatic heterocycles. The van der Waals surface area contributed by atoms with E-state index in [-0.39, 0.29) is 18.0 Å². The highest BCUT2D eigenvalue weighted by atomic mass is 16.5. The molecule has 1 unspecified atom stereocenters. The third-order valence-corrected chi connectivity index (χ3v) is 6.58. The largest absolute Gasteiger partial charge is 0.495 e. The number of rotatable bonds is 6. The van der Waals surface area contributed by atoms with E-state index in [1.807, 2.05) is 15.9 Å². The van der Waals surface area contributed by atoms with Crippen LogP contribution < -0.4 is 10.1 Å². The smallest absolute Gasteiger partial charge is 0.322 e. The normalized spacial score (nSPS) is 18.5. The van der Waals surface area contributed by atoms with Gasteiger partial charge in [-0.25, -0.2) is 4.79 Å². The number of benzene rings is 2. The molecule has 0 radical (unpaired) electrons. The first kappa shape index (κ1) is 22.2. The number of methoxy groups -OCH3 is 1. The zero-order valence-corrected chi connectivity index (χ0v) is 18.9. The molecule has 1 atom stereocenters. The van der Waals surface area contributed by atoms with E-state index in [0.29, 0.717) is 17.0 Å². The Morgan fingerprint density at radius 1 is 1.00 bits per heavy atom. The Kier molecular flexibility index (Phi) is 7.30. The number of aryl methyl sites for hydroxylation is 1. The lowest BCUT2D eigenvalue weighted by atomic mass is 9.96. The van der Waals surface area contributed by atoms with Crippen molar-refractivity contribution in [3.63, 3.8) is 0 Å². The molecule has 0 saturated carbocycles. The summed E-state index contributed by atoms with van der Waals surface area (Å²) in [7, 11) is 1.58. The van der Waals surface area contributed by atoms with Gasteiger partial charge in [-0.1, -0.05) is 30.3 Å². The van der Waals surface area contributed by atoms with Crippen LogP contribution in [-0.4, -0.2) is 54.5 Å². The highest BCUT2D eigenvalue weighted by Crippen LogP contribution is 2.29. The van der Waals surface area contributed by atoms with Gasteiger partial charge in [0.1, 0.15) is 5.75 Å². The van der Waals surface area contributed by atoms with E-state index in [2.05, 4.69) is 29.6 Å². The van der Waals surface area contributed by atoms with Gasteiger partial charge in [0.15, 0.2) is 0 Å². The van der Waals surface area contributed by atoms with Crippen LogP contribution in [0.4, 0.5) is 10.5 Å². The van der Waals surface area contributed by atoms with Gasteiger partial charge in [0, 0.05) is 31.2 Å². The van der Waals surface area contributed by atoms with Crippen LogP contribution in [0.3, 0.4) is 0 Å². The number of amides is 3. The molecule has 0 spiro atoms. The van der Waals surface area contributed by atoms with Crippen molar-refractivity contribution in [2.45, 2.75) is 51.0 Å². The van der Waals surface area contributed by atoms with Crippen LogP contribution in [0.2, 0.25) is 0 Å². The molecule has 3 amide bonds. The van der Waals surface area contributed by atoms with Gasteiger partial charge >= 0.3 is 6.03 Å². The number of likely N-dealkylation sites (tertiary alicyclic amines) is 2. The minimum absolute atomic E-state index is 0.0133. The molecule has 2 fully saturated rings. The third-order valence-electron chi connectivity index (χ3n) is 6.58. The number of piperidine rings is 1. The summed E-state index contributed by atoms with van der Waals surface area (Å²) in [6.45, 7) is 2.34. The quantitative estimate of drug-likeness (QED) is 0.698. The maximum absolute atomic E-state index is 13.3. The average Bonchev–Trinajstić information content (AvgIpc) is 3.38. The summed E-state index contributed by atoms with van der Waals surface area (Å²) < 4.78 is 5.47. The molecule has 0 bridgehead atoms. The summed E-state index contributed by atoms with van der Waals surface area (Å²) in [5.41, 5.74) is 2.44. The Hall–Kier alpha value is -3.02. The first-order chi connectivity index (χ1) is 15.7. The van der Waals surface area contributed by atoms with Crippen molar-refractivity contribution in [3.8, 4) is 5.75 Å². The van der Waals surface area contributed by atoms with E-state index in [0.717, 1.165) is 64.6 Å². The summed E-state index contributed by atoms with van der Waals surface area (Å²) in [4.78, 5) is 29.9. The first-order valence-electron chi connectivity index (χ1n) is 11.7. The number of nitrogens with zero attached hydrogens (tertiary/aromatic N) is 2. The van der Waals surface area contributed by atoms with E-state index in [4.69, 9.17) is 4.74 Å². The summed E-state index contributed by atoms with van der Waals surface area (Å²) in [5.74, 6) is 0.577. The first-order valence-corrected chi connectivity index (χ1v) is 11.7. The third kappa shape index (κ3) is 5.23. The summed E-state index contributed by atoms with van der Waals surface area (Å²) in [6.07, 6.45) is 7.17. The van der Waals surface area contributed by atoms with Crippen LogP contribution in [0.5, 0.6) is 5.75 Å². The Bertz CT molecular complexity index is 925. The second kappa shape index (κ2) is 10.5. The van der Waals surface area contributed by atoms with Crippen molar-refractivity contribution in [1.29, 1.82) is 0 Å². The SMILES string of the molecule is COc1ccc(C(=O)N2CCCC2)cc1NC(=O)N1CCCCC1CCc1ccccc1. The topological polar surface area (TPSA) is 61.9 Å². The fourth-order valence-corrected chi connectivity index (χ4v) is 4.77. The number of urea groups is 1. The van der Waals surface area contributed by atoms with Gasteiger partial charge < -0.3 is 19.9 Å². The number of hydrogen-bond acceptors (Lipinski definition) is 3. The molecule has 32 heavy (non-hydrogen) atoms. The van der Waals surface area contributed by atoms with Crippen LogP contribution >= 0.6 is 0 Å². The molecular formula is C26H33N3O3. The molecule has 1 N–H and O–H groups in total. The van der Waals surface area contributed by atoms with Gasteiger partial charge in [-0.05, 0) is 68.7 Å². The number of nitrogens with one attached hydrogen (secondary N) is 1. The number of anilines is 1. The molecule has 2 aromatic rings. The number of carbonyl (C=O) groups excluding carboxylic acids is 2. The number of hydrogen-bond donors (Lipinski definition) is 1. The van der Waals surface area contributed by atoms with Crippen molar-refractivity contribution >= 4 is 17.6 Å². The highest BCUT2D eigenvalue weighted by molar-refractivity contribution is 5.98. The molecule has 2 heterocycles. The standard InChI is InChI=1S/C26H33N3O3/c1-32-24-15-13-21(25(30)28-16-7-8-17-28)19-23(24)27-26(31)29-18-6-5-11-22(29)14-12-20-9-3-2-4-10-20/h2-4,9-10,13,15,19,22H,5-8,11-12,14,16-18H2,1H3,(H,27,31). The lowest BCUT2D eigenvalue weighted by Crippen LogP contribution is -2.46. The number of carbonyl (C=O) groups is 2. The van der Waals surface area contributed by atoms with Crippen LogP contribution in [0.25, 0.3) is 0 Å². The van der Waals surface area contributed by atoms with Crippen molar-refractivity contribution in [3.05, 3.63) is 59.7 Å². The molecule has 2 aromatic carbocycles. The van der Waals surface area contributed by atoms with Gasteiger partial charge in [-0.3, -0.25) is 4.79 Å². The molecule has 6 heteroatoms. The van der Waals surface area contributed by atoms with Crippen LogP contribution in [0.15, 0.2) is 48.5 Å². The predicted molar refractivity (Wildman–Crippen MR) is 126 cm³/mol. The maximum atomic E-state index is 13.3. The number of ether oxygens (including phenoxy) is 1. The zero-order chi connectivity index (χ0) is 22.3. The van der Waals surface area contributed by atoms with Crippen molar-refractivity contribution in [1.82, 2.24) is 9.80 Å². The fourth-order valence-electron chi connectivity index (χ4n) is 4.77. The maximum Gasteiger partial charge on any atom is 0.322 e. The fraction of sp³-hybridized carbons (Fsp3) is 0.462. The van der Waals surface area contributed by atoms with Gasteiger partial charge in [-0.15, -0.1) is 0 Å². The molecule has 170 valence electrons. The molecule has 4 rings (SSSR count). The Morgan fingerprint density at radius 3 is 2.50 bits per heavy atom. The Balaban J connectivity index is 1.46. The summed E-state index contributed by atoms with van der Waals surface area (Å²) in [5, 5.41) is 3.04. The lowest BCUT2D eigenvalue weighted by Gasteiger charge is -2.36. The van der Waals surface area contributed by atoms with Crippen LogP contribution in [0.1, 0.15) is 54.4 Å². The highest BCUT2D eigenvalue weighted by Gasteiger charge is 2.27. The minimum atomic E-state index is -0.119. The molecule has 6 nitrogen and oxygen atoms in total. The average molecular weight is 436 g/mol. The lowest BCUT2D eigenvalue weighted by molar-refractivity contribution is 0.0792. The molecule has 2 aliphatic rings. The second-order valence-electron chi connectivity index (χ2n) is 8.71. The van der Waals surface area contributed by atoms with Crippen molar-refractivity contribution in [2.75, 3.05) is 32.1 Å².